The van der Waals surface area contributed by atoms with Crippen LogP contribution in [0.25, 0.3) is 11.1 Å². The van der Waals surface area contributed by atoms with Crippen molar-refractivity contribution in [1.29, 1.82) is 0 Å². The predicted molar refractivity (Wildman–Crippen MR) is 108 cm³/mol. The van der Waals surface area contributed by atoms with Crippen molar-refractivity contribution in [2.45, 2.75) is 38.8 Å². The Bertz CT molecular complexity index is 1010. The van der Waals surface area contributed by atoms with E-state index in [1.165, 1.54) is 18.2 Å². The molecule has 4 nitrogen and oxygen atoms in total. The molecule has 1 aliphatic heterocycles. The zero-order valence-electron chi connectivity index (χ0n) is 16.3. The molecule has 2 aromatic carbocycles. The third-order valence-electron chi connectivity index (χ3n) is 4.82. The molecule has 1 atom stereocenters. The maximum atomic E-state index is 14.0. The molecule has 2 heterocycles. The van der Waals surface area contributed by atoms with Crippen LogP contribution < -0.4 is 4.74 Å². The third-order valence-corrected chi connectivity index (χ3v) is 4.82. The van der Waals surface area contributed by atoms with Gasteiger partial charge in [-0.2, -0.15) is 0 Å². The highest BCUT2D eigenvalue weighted by Gasteiger charge is 2.24. The van der Waals surface area contributed by atoms with E-state index in [9.17, 15) is 8.78 Å². The van der Waals surface area contributed by atoms with Crippen molar-refractivity contribution in [2.24, 2.45) is 4.99 Å². The van der Waals surface area contributed by atoms with E-state index < -0.39 is 11.6 Å². The molecule has 0 fully saturated rings. The van der Waals surface area contributed by atoms with Gasteiger partial charge >= 0.3 is 6.01 Å². The molecule has 1 unspecified atom stereocenters. The van der Waals surface area contributed by atoms with Gasteiger partial charge in [0.1, 0.15) is 11.6 Å². The fraction of sp³-hybridized carbons (Fsp3) is 0.261. The molecular weight excluding hydrogens is 372 g/mol. The lowest BCUT2D eigenvalue weighted by Gasteiger charge is -2.09. The van der Waals surface area contributed by atoms with Crippen LogP contribution in [0.5, 0.6) is 6.01 Å². The van der Waals surface area contributed by atoms with Gasteiger partial charge in [0.2, 0.25) is 0 Å². The Morgan fingerprint density at radius 3 is 2.21 bits per heavy atom. The van der Waals surface area contributed by atoms with E-state index in [2.05, 4.69) is 15.0 Å². The number of rotatable bonds is 5. The van der Waals surface area contributed by atoms with E-state index in [0.717, 1.165) is 23.1 Å². The molecule has 0 aliphatic carbocycles. The summed E-state index contributed by atoms with van der Waals surface area (Å²) in [7, 11) is 0. The molecule has 0 amide bonds. The molecule has 0 spiro atoms. The minimum Gasteiger partial charge on any atom is -0.461 e. The minimum atomic E-state index is -0.565. The van der Waals surface area contributed by atoms with Gasteiger partial charge in [0.25, 0.3) is 0 Å². The smallest absolute Gasteiger partial charge is 0.316 e. The Balaban J connectivity index is 1.52. The van der Waals surface area contributed by atoms with Crippen molar-refractivity contribution in [3.05, 3.63) is 77.6 Å². The van der Waals surface area contributed by atoms with E-state index in [0.29, 0.717) is 18.1 Å². The highest BCUT2D eigenvalue weighted by Crippen LogP contribution is 2.33. The second kappa shape index (κ2) is 8.07. The highest BCUT2D eigenvalue weighted by atomic mass is 19.1. The summed E-state index contributed by atoms with van der Waals surface area (Å²) in [5.41, 5.74) is 3.36. The zero-order valence-corrected chi connectivity index (χ0v) is 16.3. The van der Waals surface area contributed by atoms with Crippen LogP contribution in [0.3, 0.4) is 0 Å². The van der Waals surface area contributed by atoms with Crippen LogP contribution in [0, 0.1) is 11.6 Å². The second-order valence-corrected chi connectivity index (χ2v) is 7.27. The molecule has 0 bridgehead atoms. The van der Waals surface area contributed by atoms with E-state index >= 15 is 0 Å². The fourth-order valence-electron chi connectivity index (χ4n) is 3.43. The quantitative estimate of drug-likeness (QED) is 0.572. The molecule has 0 saturated carbocycles. The topological polar surface area (TPSA) is 47.4 Å². The molecule has 1 aromatic heterocycles. The molecule has 0 radical (unpaired) electrons. The Hall–Kier alpha value is -3.15. The van der Waals surface area contributed by atoms with Gasteiger partial charge in [-0.3, -0.25) is 4.99 Å². The lowest BCUT2D eigenvalue weighted by molar-refractivity contribution is 0.222. The van der Waals surface area contributed by atoms with Crippen LogP contribution in [0.4, 0.5) is 8.78 Å². The molecule has 0 saturated heterocycles. The Labute approximate surface area is 168 Å². The van der Waals surface area contributed by atoms with Crippen LogP contribution >= 0.6 is 0 Å². The average molecular weight is 393 g/mol. The Kier molecular flexibility index (Phi) is 5.34. The minimum absolute atomic E-state index is 0.00697. The first kappa shape index (κ1) is 19.2. The van der Waals surface area contributed by atoms with Gasteiger partial charge in [0.05, 0.1) is 17.7 Å². The standard InChI is InChI=1S/C23H21F2N3O/c1-14(2)29-23-26-12-17(13-27-23)15-6-8-16(9-7-15)20-10-11-21(28-20)22-18(24)4-3-5-19(22)25/h3-9,12-14,20H,10-11H2,1-2H3. The first-order chi connectivity index (χ1) is 14.0. The van der Waals surface area contributed by atoms with Crippen LogP contribution in [-0.4, -0.2) is 21.8 Å². The molecular formula is C23H21F2N3O. The van der Waals surface area contributed by atoms with Crippen LogP contribution in [0.1, 0.15) is 43.9 Å². The maximum Gasteiger partial charge on any atom is 0.316 e. The maximum absolute atomic E-state index is 14.0. The number of hydrogen-bond donors (Lipinski definition) is 0. The number of halogens is 2. The van der Waals surface area contributed by atoms with Crippen molar-refractivity contribution < 1.29 is 13.5 Å². The van der Waals surface area contributed by atoms with E-state index in [-0.39, 0.29) is 17.7 Å². The Morgan fingerprint density at radius 2 is 1.59 bits per heavy atom. The van der Waals surface area contributed by atoms with Crippen molar-refractivity contribution in [1.82, 2.24) is 9.97 Å². The molecule has 1 aliphatic rings. The van der Waals surface area contributed by atoms with Gasteiger partial charge in [-0.1, -0.05) is 30.3 Å². The third kappa shape index (κ3) is 4.16. The number of ether oxygens (including phenoxy) is 1. The fourth-order valence-corrected chi connectivity index (χ4v) is 3.43. The Morgan fingerprint density at radius 1 is 0.931 bits per heavy atom. The van der Waals surface area contributed by atoms with Gasteiger partial charge in [0.15, 0.2) is 0 Å². The number of benzene rings is 2. The second-order valence-electron chi connectivity index (χ2n) is 7.27. The summed E-state index contributed by atoms with van der Waals surface area (Å²) in [6.07, 6.45) is 4.76. The monoisotopic (exact) mass is 393 g/mol. The van der Waals surface area contributed by atoms with Crippen LogP contribution in [-0.2, 0) is 0 Å². The molecule has 6 heteroatoms. The van der Waals surface area contributed by atoms with E-state index in [1.807, 2.05) is 38.1 Å². The lowest BCUT2D eigenvalue weighted by Crippen LogP contribution is -2.08. The SMILES string of the molecule is CC(C)Oc1ncc(-c2ccc(C3CCC(c4c(F)cccc4F)=N3)cc2)cn1. The number of aliphatic imine (C=N–C) groups is 1. The number of aromatic nitrogens is 2. The molecule has 3 aromatic rings. The lowest BCUT2D eigenvalue weighted by atomic mass is 10.0. The molecule has 4 rings (SSSR count). The van der Waals surface area contributed by atoms with Gasteiger partial charge in [0, 0.05) is 23.7 Å². The number of nitrogens with zero attached hydrogens (tertiary/aromatic N) is 3. The van der Waals surface area contributed by atoms with Crippen molar-refractivity contribution in [2.75, 3.05) is 0 Å². The highest BCUT2D eigenvalue weighted by molar-refractivity contribution is 6.02. The predicted octanol–water partition coefficient (Wildman–Crippen LogP) is 5.53. The van der Waals surface area contributed by atoms with E-state index in [4.69, 9.17) is 4.74 Å². The summed E-state index contributed by atoms with van der Waals surface area (Å²) in [6.45, 7) is 3.85. The first-order valence-corrected chi connectivity index (χ1v) is 9.61. The molecule has 0 N–H and O–H groups in total. The van der Waals surface area contributed by atoms with E-state index in [1.54, 1.807) is 12.4 Å². The zero-order chi connectivity index (χ0) is 20.4. The van der Waals surface area contributed by atoms with Crippen LogP contribution in [0.15, 0.2) is 59.9 Å². The first-order valence-electron chi connectivity index (χ1n) is 9.61. The van der Waals surface area contributed by atoms with Crippen molar-refractivity contribution in [3.8, 4) is 17.1 Å². The van der Waals surface area contributed by atoms with Gasteiger partial charge < -0.3 is 4.74 Å². The largest absolute Gasteiger partial charge is 0.461 e. The summed E-state index contributed by atoms with van der Waals surface area (Å²) in [5, 5.41) is 0. The van der Waals surface area contributed by atoms with Gasteiger partial charge in [-0.05, 0) is 49.9 Å². The van der Waals surface area contributed by atoms with Gasteiger partial charge in [-0.15, -0.1) is 0 Å². The van der Waals surface area contributed by atoms with Crippen molar-refractivity contribution >= 4 is 5.71 Å². The van der Waals surface area contributed by atoms with Crippen LogP contribution in [0.2, 0.25) is 0 Å². The normalized spacial score (nSPS) is 16.2. The summed E-state index contributed by atoms with van der Waals surface area (Å²) in [4.78, 5) is 13.0. The molecule has 148 valence electrons. The summed E-state index contributed by atoms with van der Waals surface area (Å²) in [5.74, 6) is -1.13. The van der Waals surface area contributed by atoms with Gasteiger partial charge in [-0.25, -0.2) is 18.7 Å². The summed E-state index contributed by atoms with van der Waals surface area (Å²) in [6, 6.07) is 12.1. The summed E-state index contributed by atoms with van der Waals surface area (Å²) < 4.78 is 33.5. The molecule has 29 heavy (non-hydrogen) atoms. The summed E-state index contributed by atoms with van der Waals surface area (Å²) >= 11 is 0. The number of hydrogen-bond acceptors (Lipinski definition) is 4. The average Bonchev–Trinajstić information content (AvgIpc) is 3.18. The van der Waals surface area contributed by atoms with Crippen molar-refractivity contribution in [3.63, 3.8) is 0 Å².